The van der Waals surface area contributed by atoms with E-state index in [-0.39, 0.29) is 126 Å². The minimum atomic E-state index is -3.56. The number of fused-ring (bicyclic) bond motifs is 7. The second-order valence-corrected chi connectivity index (χ2v) is 48.0. The van der Waals surface area contributed by atoms with Gasteiger partial charge < -0.3 is 10.2 Å². The van der Waals surface area contributed by atoms with E-state index in [1.165, 1.54) is 0 Å². The highest BCUT2D eigenvalue weighted by molar-refractivity contribution is 7.89. The van der Waals surface area contributed by atoms with Crippen LogP contribution in [0.1, 0.15) is 186 Å². The molecule has 7 saturated heterocycles. The molecule has 13 saturated carbocycles. The molecule has 12 bridgehead atoms. The van der Waals surface area contributed by atoms with Gasteiger partial charge in [-0.05, 0) is 178 Å². The Kier molecular flexibility index (Phi) is 16.1. The summed E-state index contributed by atoms with van der Waals surface area (Å²) < 4.78 is 198. The average molecular weight is 1460 g/mol. The van der Waals surface area contributed by atoms with Crippen LogP contribution in [0, 0.1) is 115 Å². The van der Waals surface area contributed by atoms with Gasteiger partial charge in [0, 0.05) is 46.5 Å². The second-order valence-electron chi connectivity index (χ2n) is 35.6. The third-order valence-electron chi connectivity index (χ3n) is 30.9. The van der Waals surface area contributed by atoms with Gasteiger partial charge in [0.25, 0.3) is 70.8 Å². The topological polar surface area (TPSA) is 344 Å². The molecule has 2 N–H and O–H groups in total. The first kappa shape index (κ1) is 70.3. The molecule has 0 amide bonds. The van der Waals surface area contributed by atoms with Crippen LogP contribution in [0.4, 0.5) is 0 Å². The summed E-state index contributed by atoms with van der Waals surface area (Å²) >= 11 is 0. The zero-order chi connectivity index (χ0) is 68.6. The molecule has 32 atom stereocenters. The van der Waals surface area contributed by atoms with Crippen molar-refractivity contribution in [2.24, 2.45) is 115 Å². The third-order valence-corrected chi connectivity index (χ3v) is 43.6. The smallest absolute Gasteiger partial charge is 0.271 e. The number of hydrogen-bond donors (Lipinski definition) is 2. The maximum atomic E-state index is 11.8. The number of aliphatic hydroxyl groups excluding tert-OH is 2. The second kappa shape index (κ2) is 21.5. The molecule has 94 heavy (non-hydrogen) atoms. The van der Waals surface area contributed by atoms with Gasteiger partial charge in [0.15, 0.2) is 0 Å². The maximum Gasteiger partial charge on any atom is 0.271 e. The fourth-order valence-corrected chi connectivity index (χ4v) is 39.3. The lowest BCUT2D eigenvalue weighted by Crippen LogP contribution is -2.38. The van der Waals surface area contributed by atoms with E-state index in [1.54, 1.807) is 0 Å². The van der Waals surface area contributed by atoms with Gasteiger partial charge in [-0.2, -0.15) is 58.9 Å². The Labute approximate surface area is 559 Å². The van der Waals surface area contributed by atoms with E-state index >= 15 is 0 Å². The molecule has 13 aliphatic carbocycles. The van der Waals surface area contributed by atoms with Gasteiger partial charge in [-0.25, -0.2) is 0 Å². The number of aliphatic hydroxyl groups is 2. The van der Waals surface area contributed by atoms with Crippen molar-refractivity contribution < 1.29 is 98.4 Å². The summed E-state index contributed by atoms with van der Waals surface area (Å²) in [6.07, 6.45) is 12.8. The van der Waals surface area contributed by atoms with Gasteiger partial charge in [-0.1, -0.05) is 83.1 Å². The Balaban J connectivity index is 0.0000000948. The van der Waals surface area contributed by atoms with Crippen molar-refractivity contribution in [1.82, 2.24) is 0 Å². The Hall–Kier alpha value is -0.710. The van der Waals surface area contributed by atoms with E-state index in [9.17, 15) is 69.1 Å². The van der Waals surface area contributed by atoms with E-state index in [1.807, 2.05) is 13.8 Å². The fraction of sp³-hybridized carbons (Fsp3) is 1.00. The standard InChI is InChI=1S/C10H18O5S.C10H16O3S.4C9H14O3S.C8H12O3S/c1-2-9(5-11)3-8-10(4-9,6-12)7-15-16(8,13)14;1-6-8-10(3)5-9(6,2)4-7(10)14(11,12)13-8;1-9(2)5-3-6-7(4-5)13(10,11)12-8(6)9;1-5-8-6-3-9(5,2)4-7(6)13(10,11)12-8;1-5-6-3-7-9(2,4-6)8(5)12-13(7,10)11;1-5-6-3-7-8(4-6)13(10,11)12-9(5,7)2;1-4-5-2-6-7(3-5)12(9,10)11-8(4)6/h8,11-12H,2-7H2,1H3;6-8H,4-5H2,1-3H3;4*5-8H,3-4H2,1-2H3;4-8H,2-3H2,1H3. The molecule has 20 rings (SSSR count). The summed E-state index contributed by atoms with van der Waals surface area (Å²) in [4.78, 5) is 0. The highest BCUT2D eigenvalue weighted by Crippen LogP contribution is 2.71. The minimum Gasteiger partial charge on any atom is -0.396 e. The summed E-state index contributed by atoms with van der Waals surface area (Å²) in [6, 6.07) is 0. The summed E-state index contributed by atoms with van der Waals surface area (Å²) in [5.41, 5.74) is -1.12. The van der Waals surface area contributed by atoms with Crippen molar-refractivity contribution in [2.45, 2.75) is 259 Å². The maximum absolute atomic E-state index is 11.8. The first-order chi connectivity index (χ1) is 43.1. The van der Waals surface area contributed by atoms with Crippen molar-refractivity contribution in [2.75, 3.05) is 19.8 Å². The predicted octanol–water partition coefficient (Wildman–Crippen LogP) is 6.77. The molecule has 32 unspecified atom stereocenters. The number of rotatable bonds is 3. The predicted molar refractivity (Wildman–Crippen MR) is 343 cm³/mol. The Morgan fingerprint density at radius 3 is 1.55 bits per heavy atom. The average Bonchev–Trinajstić information content (AvgIpc) is 1.53. The molecule has 0 aromatic heterocycles. The van der Waals surface area contributed by atoms with Crippen LogP contribution in [0.15, 0.2) is 0 Å². The molecule has 20 aliphatic rings. The third kappa shape index (κ3) is 9.82. The molecule has 30 heteroatoms. The van der Waals surface area contributed by atoms with Crippen LogP contribution in [0.3, 0.4) is 0 Å². The Morgan fingerprint density at radius 2 is 1.03 bits per heavy atom. The van der Waals surface area contributed by atoms with E-state index in [0.717, 1.165) is 83.5 Å². The molecule has 20 fully saturated rings. The van der Waals surface area contributed by atoms with Crippen LogP contribution >= 0.6 is 0 Å². The molecule has 23 nitrogen and oxygen atoms in total. The molecule has 538 valence electrons. The van der Waals surface area contributed by atoms with E-state index < -0.39 is 81.5 Å². The van der Waals surface area contributed by atoms with Crippen molar-refractivity contribution in [3.05, 3.63) is 0 Å². The fourth-order valence-electron chi connectivity index (χ4n) is 24.8. The van der Waals surface area contributed by atoms with Crippen LogP contribution in [0.25, 0.3) is 0 Å². The normalized spacial score (nSPS) is 58.0. The Morgan fingerprint density at radius 1 is 0.426 bits per heavy atom. The minimum absolute atomic E-state index is 0.00579. The van der Waals surface area contributed by atoms with Crippen LogP contribution in [-0.2, 0) is 100 Å². The van der Waals surface area contributed by atoms with Gasteiger partial charge in [0.2, 0.25) is 0 Å². The summed E-state index contributed by atoms with van der Waals surface area (Å²) in [5, 5.41) is 17.1. The molecular weight excluding hydrogens is 1360 g/mol. The first-order valence-electron chi connectivity index (χ1n) is 34.7. The van der Waals surface area contributed by atoms with Crippen LogP contribution in [0.2, 0.25) is 0 Å². The van der Waals surface area contributed by atoms with Crippen molar-refractivity contribution in [3.8, 4) is 0 Å². The SMILES string of the molecule is CC1(C)C2CC3C1OS(=O)(=O)C3C2.CC1C2CC3C(C)(C2)C1OS3(=O)=O.CC1C2CC3C(C2)S(=O)(=O)OC13C.CC1C2CC3C1OS(=O)(=O)C3C2.CC1C2OS(=O)(=O)C3CC1(C)CC23.CC1C2OS(=O)(=O)C3CC1(C)CC23C.CCC1(CO)CC2C(CO)(COS2(=O)=O)C1. The summed E-state index contributed by atoms with van der Waals surface area (Å²) in [6.45, 7) is 27.2. The highest BCUT2D eigenvalue weighted by atomic mass is 32.2. The van der Waals surface area contributed by atoms with E-state index in [0.29, 0.717) is 83.9 Å². The van der Waals surface area contributed by atoms with Gasteiger partial charge in [-0.3, -0.25) is 29.3 Å². The van der Waals surface area contributed by atoms with Crippen molar-refractivity contribution >= 4 is 70.8 Å². The number of hydrogen-bond acceptors (Lipinski definition) is 23. The zero-order valence-corrected chi connectivity index (χ0v) is 62.2. The van der Waals surface area contributed by atoms with Gasteiger partial charge in [-0.15, -0.1) is 0 Å². The summed E-state index contributed by atoms with van der Waals surface area (Å²) in [7, 11) is -22.8. The van der Waals surface area contributed by atoms with Crippen LogP contribution in [0.5, 0.6) is 0 Å². The van der Waals surface area contributed by atoms with Crippen LogP contribution < -0.4 is 0 Å². The monoisotopic (exact) mass is 1460 g/mol. The Bertz CT molecular complexity index is 3930. The lowest BCUT2D eigenvalue weighted by atomic mass is 9.74. The first-order valence-corrected chi connectivity index (χ1v) is 45.0. The lowest BCUT2D eigenvalue weighted by Gasteiger charge is -2.32. The zero-order valence-electron chi connectivity index (χ0n) is 56.5. The molecule has 0 radical (unpaired) electrons. The van der Waals surface area contributed by atoms with Gasteiger partial charge >= 0.3 is 0 Å². The molecule has 7 heterocycles. The quantitative estimate of drug-likeness (QED) is 0.275. The highest BCUT2D eigenvalue weighted by Gasteiger charge is 2.75. The van der Waals surface area contributed by atoms with Crippen LogP contribution in [-0.4, -0.2) is 162 Å². The molecule has 0 aromatic carbocycles. The van der Waals surface area contributed by atoms with Gasteiger partial charge in [0.05, 0.1) is 86.1 Å². The summed E-state index contributed by atoms with van der Waals surface area (Å²) in [5.74, 6) is 5.62. The van der Waals surface area contributed by atoms with Gasteiger partial charge in [0.1, 0.15) is 0 Å². The molecular formula is C64H102O23S7. The molecule has 0 spiro atoms. The lowest BCUT2D eigenvalue weighted by molar-refractivity contribution is 0.0295. The largest absolute Gasteiger partial charge is 0.396 e. The molecule has 0 aromatic rings. The van der Waals surface area contributed by atoms with E-state index in [4.69, 9.17) is 29.3 Å². The molecule has 7 aliphatic heterocycles. The van der Waals surface area contributed by atoms with E-state index in [2.05, 4.69) is 76.2 Å². The van der Waals surface area contributed by atoms with Crippen molar-refractivity contribution in [1.29, 1.82) is 0 Å². The van der Waals surface area contributed by atoms with Crippen molar-refractivity contribution in [3.63, 3.8) is 0 Å².